The minimum absolute atomic E-state index is 0.0646. The third-order valence-corrected chi connectivity index (χ3v) is 2.90. The minimum Gasteiger partial charge on any atom is -0.480 e. The highest BCUT2D eigenvalue weighted by Crippen LogP contribution is 2.29. The van der Waals surface area contributed by atoms with Crippen molar-refractivity contribution in [1.29, 1.82) is 0 Å². The SMILES string of the molecule is O=C(O)COCc1nnc(-c2cc(Br)ccc2Cl)o1. The van der Waals surface area contributed by atoms with Gasteiger partial charge in [0.05, 0.1) is 10.6 Å². The molecule has 0 amide bonds. The maximum Gasteiger partial charge on any atom is 0.329 e. The average Bonchev–Trinajstić information content (AvgIpc) is 2.80. The highest BCUT2D eigenvalue weighted by molar-refractivity contribution is 9.10. The van der Waals surface area contributed by atoms with Gasteiger partial charge in [-0.2, -0.15) is 0 Å². The first kappa shape index (κ1) is 14.0. The molecule has 0 saturated heterocycles. The van der Waals surface area contributed by atoms with Gasteiger partial charge < -0.3 is 14.3 Å². The Hall–Kier alpha value is -1.44. The second-order valence-corrected chi connectivity index (χ2v) is 4.83. The molecule has 2 rings (SSSR count). The van der Waals surface area contributed by atoms with Crippen LogP contribution >= 0.6 is 27.5 Å². The molecule has 0 atom stereocenters. The molecule has 0 spiro atoms. The summed E-state index contributed by atoms with van der Waals surface area (Å²) in [6, 6.07) is 5.24. The Balaban J connectivity index is 2.12. The fourth-order valence-electron chi connectivity index (χ4n) is 1.31. The first-order valence-corrected chi connectivity index (χ1v) is 6.30. The summed E-state index contributed by atoms with van der Waals surface area (Å²) in [5.74, 6) is -0.623. The van der Waals surface area contributed by atoms with E-state index >= 15 is 0 Å². The fourth-order valence-corrected chi connectivity index (χ4v) is 1.87. The molecule has 0 saturated carbocycles. The lowest BCUT2D eigenvalue weighted by Crippen LogP contribution is -2.06. The predicted octanol–water partition coefficient (Wildman–Crippen LogP) is 2.75. The van der Waals surface area contributed by atoms with Gasteiger partial charge in [-0.15, -0.1) is 10.2 Å². The Morgan fingerprint density at radius 2 is 2.26 bits per heavy atom. The first-order chi connectivity index (χ1) is 9.06. The summed E-state index contributed by atoms with van der Waals surface area (Å²) in [5.41, 5.74) is 0.591. The molecule has 1 heterocycles. The Bertz CT molecular complexity index is 602. The summed E-state index contributed by atoms with van der Waals surface area (Å²) in [6.07, 6.45) is 0. The normalized spacial score (nSPS) is 10.6. The molecule has 0 radical (unpaired) electrons. The fraction of sp³-hybridized carbons (Fsp3) is 0.182. The van der Waals surface area contributed by atoms with Crippen LogP contribution in [0.1, 0.15) is 5.89 Å². The second-order valence-electron chi connectivity index (χ2n) is 3.51. The van der Waals surface area contributed by atoms with Crippen molar-refractivity contribution in [2.24, 2.45) is 0 Å². The van der Waals surface area contributed by atoms with E-state index in [2.05, 4.69) is 26.1 Å². The molecule has 100 valence electrons. The van der Waals surface area contributed by atoms with Gasteiger partial charge in [-0.3, -0.25) is 0 Å². The largest absolute Gasteiger partial charge is 0.480 e. The van der Waals surface area contributed by atoms with E-state index in [0.29, 0.717) is 10.6 Å². The predicted molar refractivity (Wildman–Crippen MR) is 69.7 cm³/mol. The molecule has 0 bridgehead atoms. The molecule has 8 heteroatoms. The molecular formula is C11H8BrClN2O4. The number of aliphatic carboxylic acids is 1. The van der Waals surface area contributed by atoms with E-state index < -0.39 is 12.6 Å². The van der Waals surface area contributed by atoms with Crippen molar-refractivity contribution in [3.63, 3.8) is 0 Å². The van der Waals surface area contributed by atoms with Gasteiger partial charge in [-0.25, -0.2) is 4.79 Å². The number of nitrogens with zero attached hydrogens (tertiary/aromatic N) is 2. The van der Waals surface area contributed by atoms with Crippen molar-refractivity contribution in [2.45, 2.75) is 6.61 Å². The van der Waals surface area contributed by atoms with Crippen LogP contribution in [0.3, 0.4) is 0 Å². The van der Waals surface area contributed by atoms with Crippen LogP contribution in [0.2, 0.25) is 5.02 Å². The molecule has 0 aliphatic rings. The number of carbonyl (C=O) groups is 1. The smallest absolute Gasteiger partial charge is 0.329 e. The number of hydrogen-bond donors (Lipinski definition) is 1. The zero-order chi connectivity index (χ0) is 13.8. The Kier molecular flexibility index (Phi) is 4.52. The first-order valence-electron chi connectivity index (χ1n) is 5.13. The van der Waals surface area contributed by atoms with Crippen LogP contribution in [-0.4, -0.2) is 27.9 Å². The van der Waals surface area contributed by atoms with Gasteiger partial charge in [0.2, 0.25) is 11.8 Å². The molecule has 1 aromatic heterocycles. The Labute approximate surface area is 121 Å². The van der Waals surface area contributed by atoms with Gasteiger partial charge in [0.1, 0.15) is 13.2 Å². The summed E-state index contributed by atoms with van der Waals surface area (Å²) in [4.78, 5) is 10.3. The number of benzene rings is 1. The lowest BCUT2D eigenvalue weighted by atomic mass is 10.2. The molecule has 0 aliphatic carbocycles. The average molecular weight is 348 g/mol. The molecule has 19 heavy (non-hydrogen) atoms. The maximum absolute atomic E-state index is 10.3. The third-order valence-electron chi connectivity index (χ3n) is 2.08. The van der Waals surface area contributed by atoms with E-state index in [-0.39, 0.29) is 18.4 Å². The molecule has 1 N–H and O–H groups in total. The van der Waals surface area contributed by atoms with E-state index in [1.807, 2.05) is 0 Å². The number of carboxylic acid groups (broad SMARTS) is 1. The highest BCUT2D eigenvalue weighted by atomic mass is 79.9. The number of ether oxygens (including phenoxy) is 1. The lowest BCUT2D eigenvalue weighted by Gasteiger charge is -1.99. The van der Waals surface area contributed by atoms with Gasteiger partial charge in [0.15, 0.2) is 0 Å². The molecule has 0 fully saturated rings. The van der Waals surface area contributed by atoms with Crippen LogP contribution in [0, 0.1) is 0 Å². The molecule has 0 unspecified atom stereocenters. The van der Waals surface area contributed by atoms with Crippen molar-refractivity contribution < 1.29 is 19.1 Å². The van der Waals surface area contributed by atoms with Crippen molar-refractivity contribution in [3.05, 3.63) is 33.6 Å². The molecule has 1 aromatic carbocycles. The lowest BCUT2D eigenvalue weighted by molar-refractivity contribution is -0.142. The quantitative estimate of drug-likeness (QED) is 0.895. The monoisotopic (exact) mass is 346 g/mol. The standard InChI is InChI=1S/C11H8BrClN2O4/c12-6-1-2-8(13)7(3-6)11-15-14-9(19-11)4-18-5-10(16)17/h1-3H,4-5H2,(H,16,17). The summed E-state index contributed by atoms with van der Waals surface area (Å²) < 4.78 is 11.0. The Morgan fingerprint density at radius 1 is 1.47 bits per heavy atom. The summed E-state index contributed by atoms with van der Waals surface area (Å²) >= 11 is 9.35. The number of rotatable bonds is 5. The third kappa shape index (κ3) is 3.76. The highest BCUT2D eigenvalue weighted by Gasteiger charge is 2.12. The van der Waals surface area contributed by atoms with Crippen LogP contribution in [0.15, 0.2) is 27.1 Å². The molecule has 6 nitrogen and oxygen atoms in total. The van der Waals surface area contributed by atoms with Crippen LogP contribution < -0.4 is 0 Å². The van der Waals surface area contributed by atoms with E-state index in [1.165, 1.54) is 0 Å². The van der Waals surface area contributed by atoms with Crippen molar-refractivity contribution in [2.75, 3.05) is 6.61 Å². The zero-order valence-corrected chi connectivity index (χ0v) is 11.8. The topological polar surface area (TPSA) is 85.5 Å². The van der Waals surface area contributed by atoms with Gasteiger partial charge >= 0.3 is 5.97 Å². The van der Waals surface area contributed by atoms with Crippen LogP contribution in [0.4, 0.5) is 0 Å². The van der Waals surface area contributed by atoms with Crippen molar-refractivity contribution >= 4 is 33.5 Å². The molecular weight excluding hydrogens is 339 g/mol. The number of aromatic nitrogens is 2. The summed E-state index contributed by atoms with van der Waals surface area (Å²) in [6.45, 7) is -0.486. The van der Waals surface area contributed by atoms with Crippen LogP contribution in [0.5, 0.6) is 0 Å². The van der Waals surface area contributed by atoms with Gasteiger partial charge in [0, 0.05) is 4.47 Å². The maximum atomic E-state index is 10.3. The summed E-state index contributed by atoms with van der Waals surface area (Å²) in [5, 5.41) is 16.5. The summed E-state index contributed by atoms with van der Waals surface area (Å²) in [7, 11) is 0. The second kappa shape index (κ2) is 6.14. The molecule has 0 aliphatic heterocycles. The zero-order valence-electron chi connectivity index (χ0n) is 9.47. The van der Waals surface area contributed by atoms with Crippen molar-refractivity contribution in [1.82, 2.24) is 10.2 Å². The molecule has 2 aromatic rings. The van der Waals surface area contributed by atoms with E-state index in [9.17, 15) is 4.79 Å². The number of carboxylic acids is 1. The number of halogens is 2. The van der Waals surface area contributed by atoms with E-state index in [4.69, 9.17) is 25.9 Å². The van der Waals surface area contributed by atoms with E-state index in [0.717, 1.165) is 4.47 Å². The van der Waals surface area contributed by atoms with Gasteiger partial charge in [-0.05, 0) is 18.2 Å². The van der Waals surface area contributed by atoms with Gasteiger partial charge in [-0.1, -0.05) is 27.5 Å². The Morgan fingerprint density at radius 3 is 3.00 bits per heavy atom. The van der Waals surface area contributed by atoms with Gasteiger partial charge in [0.25, 0.3) is 0 Å². The minimum atomic E-state index is -1.06. The number of hydrogen-bond acceptors (Lipinski definition) is 5. The van der Waals surface area contributed by atoms with Crippen molar-refractivity contribution in [3.8, 4) is 11.5 Å². The van der Waals surface area contributed by atoms with E-state index in [1.54, 1.807) is 18.2 Å². The van der Waals surface area contributed by atoms with Crippen LogP contribution in [0.25, 0.3) is 11.5 Å². The van der Waals surface area contributed by atoms with Crippen LogP contribution in [-0.2, 0) is 16.1 Å².